The lowest BCUT2D eigenvalue weighted by atomic mass is 10.1. The first-order valence-corrected chi connectivity index (χ1v) is 5.02. The molecule has 0 saturated carbocycles. The van der Waals surface area contributed by atoms with E-state index in [4.69, 9.17) is 0 Å². The molecular weight excluding hydrogens is 277 g/mol. The van der Waals surface area contributed by atoms with Crippen LogP contribution in [0.1, 0.15) is 6.92 Å². The molecule has 0 aliphatic heterocycles. The van der Waals surface area contributed by atoms with Crippen molar-refractivity contribution in [3.8, 4) is 0 Å². The van der Waals surface area contributed by atoms with Gasteiger partial charge in [-0.15, -0.1) is 0 Å². The highest BCUT2D eigenvalue weighted by Crippen LogP contribution is 2.26. The van der Waals surface area contributed by atoms with Crippen LogP contribution in [0.3, 0.4) is 0 Å². The third-order valence-electron chi connectivity index (χ3n) is 1.91. The Morgan fingerprint density at radius 3 is 1.95 bits per heavy atom. The summed E-state index contributed by atoms with van der Waals surface area (Å²) < 4.78 is 66.7. The molecular formula is C10H12F5NO3. The standard InChI is InChI=1S/C10H12F5NO3/c1-4-19-9(18)5(7(17)10(13,14)15)6(8(11)12)16(2)3/h8H,4H2,1-3H3. The van der Waals surface area contributed by atoms with E-state index in [1.807, 2.05) is 0 Å². The van der Waals surface area contributed by atoms with Crippen LogP contribution < -0.4 is 0 Å². The lowest BCUT2D eigenvalue weighted by Crippen LogP contribution is -2.34. The maximum Gasteiger partial charge on any atom is 0.455 e. The minimum Gasteiger partial charge on any atom is -0.462 e. The molecule has 0 N–H and O–H groups in total. The molecule has 0 aromatic rings. The quantitative estimate of drug-likeness (QED) is 0.254. The van der Waals surface area contributed by atoms with Crippen LogP contribution in [0.5, 0.6) is 0 Å². The molecule has 0 heterocycles. The molecule has 9 heteroatoms. The fraction of sp³-hybridized carbons (Fsp3) is 0.600. The number of esters is 1. The Morgan fingerprint density at radius 2 is 1.68 bits per heavy atom. The molecule has 0 spiro atoms. The summed E-state index contributed by atoms with van der Waals surface area (Å²) in [5.74, 6) is -4.39. The minimum atomic E-state index is -5.45. The molecule has 0 unspecified atom stereocenters. The zero-order chi connectivity index (χ0) is 15.4. The predicted molar refractivity (Wildman–Crippen MR) is 54.4 cm³/mol. The van der Waals surface area contributed by atoms with Crippen LogP contribution in [0.25, 0.3) is 0 Å². The molecule has 0 aromatic carbocycles. The number of ether oxygens (including phenoxy) is 1. The molecule has 0 aliphatic carbocycles. The molecule has 19 heavy (non-hydrogen) atoms. The number of hydrogen-bond acceptors (Lipinski definition) is 4. The SMILES string of the molecule is CCOC(=O)C(C(=O)C(F)(F)F)=C(C(F)F)N(C)C. The molecule has 4 nitrogen and oxygen atoms in total. The number of Topliss-reactive ketones (excluding diaryl/α,β-unsaturated/α-hetero) is 1. The highest BCUT2D eigenvalue weighted by Gasteiger charge is 2.46. The number of carbonyl (C=O) groups excluding carboxylic acids is 2. The second-order valence-electron chi connectivity index (χ2n) is 3.50. The van der Waals surface area contributed by atoms with Gasteiger partial charge in [0.2, 0.25) is 0 Å². The van der Waals surface area contributed by atoms with Gasteiger partial charge in [-0.05, 0) is 6.92 Å². The van der Waals surface area contributed by atoms with E-state index in [1.54, 1.807) is 0 Å². The zero-order valence-electron chi connectivity index (χ0n) is 10.3. The Labute approximate surface area is 105 Å². The number of alkyl halides is 5. The van der Waals surface area contributed by atoms with Gasteiger partial charge in [0.1, 0.15) is 5.57 Å². The molecule has 0 rings (SSSR count). The molecule has 0 saturated heterocycles. The zero-order valence-corrected chi connectivity index (χ0v) is 10.3. The van der Waals surface area contributed by atoms with Crippen molar-refractivity contribution in [2.24, 2.45) is 0 Å². The number of halogens is 5. The van der Waals surface area contributed by atoms with Gasteiger partial charge in [0.15, 0.2) is 0 Å². The van der Waals surface area contributed by atoms with Crippen LogP contribution in [-0.2, 0) is 14.3 Å². The Morgan fingerprint density at radius 1 is 1.21 bits per heavy atom. The predicted octanol–water partition coefficient (Wildman–Crippen LogP) is 1.76. The Balaban J connectivity index is 5.95. The first kappa shape index (κ1) is 17.3. The normalized spacial score (nSPS) is 13.1. The lowest BCUT2D eigenvalue weighted by Gasteiger charge is -2.20. The average Bonchev–Trinajstić information content (AvgIpc) is 2.22. The molecule has 0 amide bonds. The molecule has 0 aliphatic rings. The summed E-state index contributed by atoms with van der Waals surface area (Å²) in [6, 6.07) is 0. The maximum absolute atomic E-state index is 12.7. The summed E-state index contributed by atoms with van der Waals surface area (Å²) >= 11 is 0. The van der Waals surface area contributed by atoms with E-state index < -0.39 is 35.6 Å². The van der Waals surface area contributed by atoms with Crippen molar-refractivity contribution >= 4 is 11.8 Å². The Hall–Kier alpha value is -1.67. The van der Waals surface area contributed by atoms with Crippen molar-refractivity contribution < 1.29 is 36.3 Å². The van der Waals surface area contributed by atoms with E-state index in [1.165, 1.54) is 6.92 Å². The second-order valence-corrected chi connectivity index (χ2v) is 3.50. The van der Waals surface area contributed by atoms with E-state index >= 15 is 0 Å². The highest BCUT2D eigenvalue weighted by atomic mass is 19.4. The number of rotatable bonds is 5. The van der Waals surface area contributed by atoms with E-state index in [0.29, 0.717) is 4.90 Å². The van der Waals surface area contributed by atoms with E-state index in [0.717, 1.165) is 14.1 Å². The number of ketones is 1. The monoisotopic (exact) mass is 289 g/mol. The van der Waals surface area contributed by atoms with Gasteiger partial charge >= 0.3 is 12.1 Å². The van der Waals surface area contributed by atoms with Crippen molar-refractivity contribution in [1.29, 1.82) is 0 Å². The van der Waals surface area contributed by atoms with Crippen molar-refractivity contribution in [3.05, 3.63) is 11.3 Å². The molecule has 0 radical (unpaired) electrons. The van der Waals surface area contributed by atoms with Crippen molar-refractivity contribution in [2.45, 2.75) is 19.5 Å². The van der Waals surface area contributed by atoms with Gasteiger partial charge in [0.25, 0.3) is 12.2 Å². The summed E-state index contributed by atoms with van der Waals surface area (Å²) in [6.45, 7) is 0.919. The van der Waals surface area contributed by atoms with Crippen molar-refractivity contribution in [1.82, 2.24) is 4.90 Å². The second kappa shape index (κ2) is 6.48. The summed E-state index contributed by atoms with van der Waals surface area (Å²) in [6.07, 6.45) is -8.88. The van der Waals surface area contributed by atoms with Gasteiger partial charge in [-0.3, -0.25) is 4.79 Å². The summed E-state index contributed by atoms with van der Waals surface area (Å²) in [5.41, 5.74) is -3.03. The minimum absolute atomic E-state index is 0.350. The van der Waals surface area contributed by atoms with Crippen LogP contribution in [-0.4, -0.2) is 50.0 Å². The van der Waals surface area contributed by atoms with Crippen LogP contribution in [0.15, 0.2) is 11.3 Å². The largest absolute Gasteiger partial charge is 0.462 e. The van der Waals surface area contributed by atoms with Gasteiger partial charge in [-0.25, -0.2) is 13.6 Å². The van der Waals surface area contributed by atoms with Gasteiger partial charge in [0.05, 0.1) is 12.3 Å². The number of allylic oxidation sites excluding steroid dienone is 1. The topological polar surface area (TPSA) is 46.6 Å². The fourth-order valence-electron chi connectivity index (χ4n) is 1.19. The average molecular weight is 289 g/mol. The first-order valence-electron chi connectivity index (χ1n) is 5.02. The highest BCUT2D eigenvalue weighted by molar-refractivity contribution is 6.20. The van der Waals surface area contributed by atoms with E-state index in [9.17, 15) is 31.5 Å². The molecule has 0 aromatic heterocycles. The fourth-order valence-corrected chi connectivity index (χ4v) is 1.19. The van der Waals surface area contributed by atoms with Crippen LogP contribution >= 0.6 is 0 Å². The molecule has 0 atom stereocenters. The third-order valence-corrected chi connectivity index (χ3v) is 1.91. The maximum atomic E-state index is 12.7. The van der Waals surface area contributed by atoms with Crippen LogP contribution in [0.2, 0.25) is 0 Å². The van der Waals surface area contributed by atoms with Crippen molar-refractivity contribution in [3.63, 3.8) is 0 Å². The first-order chi connectivity index (χ1) is 8.53. The van der Waals surface area contributed by atoms with E-state index in [2.05, 4.69) is 4.74 Å². The summed E-state index contributed by atoms with van der Waals surface area (Å²) in [4.78, 5) is 23.0. The molecule has 0 fully saturated rings. The van der Waals surface area contributed by atoms with Gasteiger partial charge < -0.3 is 9.64 Å². The third kappa shape index (κ3) is 4.49. The summed E-state index contributed by atoms with van der Waals surface area (Å²) in [5, 5.41) is 0. The lowest BCUT2D eigenvalue weighted by molar-refractivity contribution is -0.169. The summed E-state index contributed by atoms with van der Waals surface area (Å²) in [7, 11) is 1.98. The number of hydrogen-bond donors (Lipinski definition) is 0. The molecule has 110 valence electrons. The van der Waals surface area contributed by atoms with Crippen molar-refractivity contribution in [2.75, 3.05) is 20.7 Å². The molecule has 0 bridgehead atoms. The number of nitrogens with zero attached hydrogens (tertiary/aromatic N) is 1. The van der Waals surface area contributed by atoms with Gasteiger partial charge in [-0.2, -0.15) is 13.2 Å². The smallest absolute Gasteiger partial charge is 0.455 e. The van der Waals surface area contributed by atoms with Crippen LogP contribution in [0.4, 0.5) is 22.0 Å². The number of carbonyl (C=O) groups is 2. The van der Waals surface area contributed by atoms with Gasteiger partial charge in [0, 0.05) is 14.1 Å². The van der Waals surface area contributed by atoms with E-state index in [-0.39, 0.29) is 6.61 Å². The van der Waals surface area contributed by atoms with Gasteiger partial charge in [-0.1, -0.05) is 0 Å². The van der Waals surface area contributed by atoms with Crippen LogP contribution in [0, 0.1) is 0 Å². The Kier molecular flexibility index (Phi) is 5.91. The Bertz CT molecular complexity index is 377.